The van der Waals surface area contributed by atoms with E-state index in [1.54, 1.807) is 0 Å². The fraction of sp³-hybridized carbons (Fsp3) is 0.700. The van der Waals surface area contributed by atoms with E-state index in [1.165, 1.54) is 5.54 Å². The first-order valence-electron chi connectivity index (χ1n) is 4.88. The number of amides is 1. The second kappa shape index (κ2) is 7.83. The Morgan fingerprint density at radius 2 is 2.21 bits per heavy atom. The first-order valence-corrected chi connectivity index (χ1v) is 5.32. The highest BCUT2D eigenvalue weighted by Crippen LogP contribution is 1.93. The molecule has 0 saturated carbocycles. The maximum absolute atomic E-state index is 11.4. The number of nitrogens with one attached hydrogen (secondary N) is 2. The van der Waals surface area contributed by atoms with Crippen LogP contribution in [0.5, 0.6) is 0 Å². The standard InChI is InChI=1S/C10H19ClN2O/c1-4-5-12-10(14)9(3)13-7-8(2)6-11/h6,9,13H,4-5,7H2,1-3H3,(H,12,14). The van der Waals surface area contributed by atoms with E-state index in [-0.39, 0.29) is 11.9 Å². The summed E-state index contributed by atoms with van der Waals surface area (Å²) in [5.41, 5.74) is 2.53. The van der Waals surface area contributed by atoms with E-state index in [4.69, 9.17) is 11.6 Å². The zero-order chi connectivity index (χ0) is 11.0. The molecule has 0 aromatic carbocycles. The number of rotatable bonds is 6. The van der Waals surface area contributed by atoms with Gasteiger partial charge in [-0.1, -0.05) is 18.5 Å². The first kappa shape index (κ1) is 13.5. The topological polar surface area (TPSA) is 41.1 Å². The molecule has 0 fully saturated rings. The normalized spacial score (nSPS) is 13.9. The summed E-state index contributed by atoms with van der Waals surface area (Å²) >= 11 is 5.50. The van der Waals surface area contributed by atoms with Crippen LogP contribution in [0.25, 0.3) is 0 Å². The Hall–Kier alpha value is -0.540. The Balaban J connectivity index is 3.72. The van der Waals surface area contributed by atoms with E-state index in [9.17, 15) is 4.79 Å². The predicted molar refractivity (Wildman–Crippen MR) is 60.4 cm³/mol. The fourth-order valence-corrected chi connectivity index (χ4v) is 0.924. The lowest BCUT2D eigenvalue weighted by Gasteiger charge is -2.13. The second-order valence-electron chi connectivity index (χ2n) is 3.35. The van der Waals surface area contributed by atoms with Crippen molar-refractivity contribution in [3.8, 4) is 0 Å². The minimum Gasteiger partial charge on any atom is -0.355 e. The number of hydrogen-bond donors (Lipinski definition) is 2. The summed E-state index contributed by atoms with van der Waals surface area (Å²) in [6.07, 6.45) is 0.957. The van der Waals surface area contributed by atoms with Gasteiger partial charge in [-0.25, -0.2) is 0 Å². The van der Waals surface area contributed by atoms with E-state index in [0.717, 1.165) is 18.5 Å². The summed E-state index contributed by atoms with van der Waals surface area (Å²) in [5, 5.41) is 5.90. The van der Waals surface area contributed by atoms with E-state index in [1.807, 2.05) is 20.8 Å². The van der Waals surface area contributed by atoms with E-state index in [0.29, 0.717) is 6.54 Å². The van der Waals surface area contributed by atoms with Gasteiger partial charge in [-0.15, -0.1) is 0 Å². The van der Waals surface area contributed by atoms with Gasteiger partial charge >= 0.3 is 0 Å². The Morgan fingerprint density at radius 3 is 2.71 bits per heavy atom. The molecule has 3 nitrogen and oxygen atoms in total. The molecule has 0 saturated heterocycles. The third-order valence-corrected chi connectivity index (χ3v) is 2.19. The van der Waals surface area contributed by atoms with Gasteiger partial charge in [0.2, 0.25) is 5.91 Å². The highest BCUT2D eigenvalue weighted by atomic mass is 35.5. The third-order valence-electron chi connectivity index (χ3n) is 1.82. The molecule has 0 aliphatic heterocycles. The minimum atomic E-state index is -0.173. The van der Waals surface area contributed by atoms with Gasteiger partial charge in [0, 0.05) is 18.6 Å². The van der Waals surface area contributed by atoms with Crippen LogP contribution < -0.4 is 10.6 Å². The van der Waals surface area contributed by atoms with Crippen molar-refractivity contribution in [1.29, 1.82) is 0 Å². The molecule has 14 heavy (non-hydrogen) atoms. The highest BCUT2D eigenvalue weighted by Gasteiger charge is 2.10. The van der Waals surface area contributed by atoms with E-state index >= 15 is 0 Å². The summed E-state index contributed by atoms with van der Waals surface area (Å²) in [4.78, 5) is 11.4. The Kier molecular flexibility index (Phi) is 7.52. The molecular formula is C10H19ClN2O. The van der Waals surface area contributed by atoms with Crippen LogP contribution in [0.15, 0.2) is 11.1 Å². The fourth-order valence-electron chi connectivity index (χ4n) is 0.847. The molecule has 0 aromatic rings. The van der Waals surface area contributed by atoms with Gasteiger partial charge in [0.15, 0.2) is 0 Å². The number of carbonyl (C=O) groups is 1. The molecule has 82 valence electrons. The molecule has 1 unspecified atom stereocenters. The molecule has 0 aromatic heterocycles. The molecule has 0 rings (SSSR count). The Morgan fingerprint density at radius 1 is 1.57 bits per heavy atom. The molecule has 0 heterocycles. The smallest absolute Gasteiger partial charge is 0.236 e. The van der Waals surface area contributed by atoms with Crippen LogP contribution in [-0.2, 0) is 4.79 Å². The van der Waals surface area contributed by atoms with Crippen LogP contribution >= 0.6 is 11.6 Å². The van der Waals surface area contributed by atoms with Crippen molar-refractivity contribution >= 4 is 17.5 Å². The monoisotopic (exact) mass is 218 g/mol. The first-order chi connectivity index (χ1) is 6.61. The van der Waals surface area contributed by atoms with Crippen LogP contribution in [0.2, 0.25) is 0 Å². The summed E-state index contributed by atoms with van der Waals surface area (Å²) in [6.45, 7) is 7.15. The molecule has 0 spiro atoms. The van der Waals surface area contributed by atoms with Crippen molar-refractivity contribution < 1.29 is 4.79 Å². The van der Waals surface area contributed by atoms with Crippen molar-refractivity contribution in [2.24, 2.45) is 0 Å². The average Bonchev–Trinajstić information content (AvgIpc) is 2.21. The molecule has 0 aliphatic rings. The van der Waals surface area contributed by atoms with Crippen LogP contribution in [-0.4, -0.2) is 25.0 Å². The summed E-state index contributed by atoms with van der Waals surface area (Å²) in [5.74, 6) is 0.0363. The van der Waals surface area contributed by atoms with Crippen molar-refractivity contribution in [3.63, 3.8) is 0 Å². The summed E-state index contributed by atoms with van der Waals surface area (Å²) in [7, 11) is 0. The van der Waals surface area contributed by atoms with E-state index < -0.39 is 0 Å². The molecule has 1 atom stereocenters. The van der Waals surface area contributed by atoms with Gasteiger partial charge < -0.3 is 10.6 Å². The maximum atomic E-state index is 11.4. The zero-order valence-corrected chi connectivity index (χ0v) is 9.82. The highest BCUT2D eigenvalue weighted by molar-refractivity contribution is 6.25. The largest absolute Gasteiger partial charge is 0.355 e. The van der Waals surface area contributed by atoms with Crippen molar-refractivity contribution in [2.45, 2.75) is 33.2 Å². The van der Waals surface area contributed by atoms with Gasteiger partial charge in [0.05, 0.1) is 6.04 Å². The number of hydrogen-bond acceptors (Lipinski definition) is 2. The van der Waals surface area contributed by atoms with Crippen LogP contribution in [0.3, 0.4) is 0 Å². The zero-order valence-electron chi connectivity index (χ0n) is 9.06. The van der Waals surface area contributed by atoms with Crippen molar-refractivity contribution in [2.75, 3.05) is 13.1 Å². The molecule has 0 bridgehead atoms. The minimum absolute atomic E-state index is 0.0363. The predicted octanol–water partition coefficient (Wildman–Crippen LogP) is 1.63. The van der Waals surface area contributed by atoms with Crippen LogP contribution in [0.4, 0.5) is 0 Å². The second-order valence-corrected chi connectivity index (χ2v) is 3.57. The van der Waals surface area contributed by atoms with Crippen molar-refractivity contribution in [1.82, 2.24) is 10.6 Å². The average molecular weight is 219 g/mol. The Bertz CT molecular complexity index is 204. The van der Waals surface area contributed by atoms with Crippen molar-refractivity contribution in [3.05, 3.63) is 11.1 Å². The van der Waals surface area contributed by atoms with Gasteiger partial charge in [0.25, 0.3) is 0 Å². The lowest BCUT2D eigenvalue weighted by Crippen LogP contribution is -2.42. The molecular weight excluding hydrogens is 200 g/mol. The summed E-state index contributed by atoms with van der Waals surface area (Å²) < 4.78 is 0. The SMILES string of the molecule is CCCNC(=O)C(C)NCC(C)=CCl. The lowest BCUT2D eigenvalue weighted by molar-refractivity contribution is -0.122. The quantitative estimate of drug-likeness (QED) is 0.712. The van der Waals surface area contributed by atoms with Gasteiger partial charge in [-0.3, -0.25) is 4.79 Å². The third kappa shape index (κ3) is 6.00. The van der Waals surface area contributed by atoms with Gasteiger partial charge in [0.1, 0.15) is 0 Å². The van der Waals surface area contributed by atoms with E-state index in [2.05, 4.69) is 10.6 Å². The lowest BCUT2D eigenvalue weighted by atomic mass is 10.2. The Labute approximate surface area is 90.9 Å². The number of halogens is 1. The van der Waals surface area contributed by atoms with Crippen LogP contribution in [0.1, 0.15) is 27.2 Å². The van der Waals surface area contributed by atoms with Crippen LogP contribution in [0, 0.1) is 0 Å². The maximum Gasteiger partial charge on any atom is 0.236 e. The number of carbonyl (C=O) groups excluding carboxylic acids is 1. The summed E-state index contributed by atoms with van der Waals surface area (Å²) in [6, 6.07) is -0.173. The molecule has 1 amide bonds. The molecule has 4 heteroatoms. The molecule has 2 N–H and O–H groups in total. The van der Waals surface area contributed by atoms with Gasteiger partial charge in [-0.2, -0.15) is 0 Å². The van der Waals surface area contributed by atoms with Gasteiger partial charge in [-0.05, 0) is 25.8 Å². The molecule has 0 radical (unpaired) electrons. The molecule has 0 aliphatic carbocycles.